The van der Waals surface area contributed by atoms with E-state index in [1.807, 2.05) is 43.3 Å². The van der Waals surface area contributed by atoms with Crippen LogP contribution in [0.25, 0.3) is 5.76 Å². The molecule has 1 N–H and O–H groups in total. The van der Waals surface area contributed by atoms with E-state index in [-0.39, 0.29) is 6.04 Å². The summed E-state index contributed by atoms with van der Waals surface area (Å²) in [4.78, 5) is 0. The summed E-state index contributed by atoms with van der Waals surface area (Å²) in [7, 11) is 0. The standard InChI is InChI=1S/C25H32NO3/c1-17(2)10-8-11-18(3)12-9-15-25(5,27)23-16-21-19(4)26(28)22-14-7-6-13-20(22)24(21)29-23/h6-7,9-10,12-15,19,23,27H,8,11,16H2,1-5H3/q-1/b15-9+,18-12+/t19?,23-,25+/m0/s1. The molecule has 4 heteroatoms. The van der Waals surface area contributed by atoms with E-state index in [1.54, 1.807) is 13.0 Å². The number of allylic oxidation sites excluding steroid dienone is 5. The highest BCUT2D eigenvalue weighted by Gasteiger charge is 2.42. The summed E-state index contributed by atoms with van der Waals surface area (Å²) in [6.07, 6.45) is 10.2. The van der Waals surface area contributed by atoms with Crippen molar-refractivity contribution in [3.05, 3.63) is 76.1 Å². The van der Waals surface area contributed by atoms with E-state index in [1.165, 1.54) is 11.1 Å². The Kier molecular flexibility index (Phi) is 6.35. The molecular formula is C25H32NO3-. The molecule has 1 aromatic carbocycles. The van der Waals surface area contributed by atoms with Crippen LogP contribution < -0.4 is 5.06 Å². The maximum atomic E-state index is 12.6. The lowest BCUT2D eigenvalue weighted by molar-refractivity contribution is -0.0148. The van der Waals surface area contributed by atoms with Gasteiger partial charge in [0.2, 0.25) is 0 Å². The number of hydrogen-bond donors (Lipinski definition) is 1. The van der Waals surface area contributed by atoms with Crippen LogP contribution in [0.15, 0.2) is 65.3 Å². The van der Waals surface area contributed by atoms with Crippen molar-refractivity contribution in [2.45, 2.75) is 71.6 Å². The molecular weight excluding hydrogens is 362 g/mol. The first-order valence-corrected chi connectivity index (χ1v) is 10.4. The Hall–Kier alpha value is -2.30. The summed E-state index contributed by atoms with van der Waals surface area (Å²) in [5.74, 6) is 0.757. The average molecular weight is 395 g/mol. The molecule has 0 radical (unpaired) electrons. The second-order valence-electron chi connectivity index (χ2n) is 8.60. The third-order valence-corrected chi connectivity index (χ3v) is 5.76. The zero-order valence-electron chi connectivity index (χ0n) is 18.1. The third-order valence-electron chi connectivity index (χ3n) is 5.76. The van der Waals surface area contributed by atoms with Crippen molar-refractivity contribution in [2.75, 3.05) is 5.06 Å². The summed E-state index contributed by atoms with van der Waals surface area (Å²) in [5.41, 5.74) is 3.88. The number of benzene rings is 1. The van der Waals surface area contributed by atoms with E-state index in [4.69, 9.17) is 4.74 Å². The number of ether oxygens (including phenoxy) is 1. The van der Waals surface area contributed by atoms with Gasteiger partial charge in [-0.15, -0.1) is 0 Å². The summed E-state index contributed by atoms with van der Waals surface area (Å²) in [5, 5.41) is 24.7. The Morgan fingerprint density at radius 2 is 2.03 bits per heavy atom. The van der Waals surface area contributed by atoms with E-state index in [9.17, 15) is 10.3 Å². The number of hydroxylamine groups is 1. The highest BCUT2D eigenvalue weighted by Crippen LogP contribution is 2.46. The van der Waals surface area contributed by atoms with Crippen LogP contribution in [0.2, 0.25) is 0 Å². The molecule has 0 fully saturated rings. The van der Waals surface area contributed by atoms with Gasteiger partial charge in [0.15, 0.2) is 0 Å². The number of anilines is 1. The number of fused-ring (bicyclic) bond motifs is 2. The minimum Gasteiger partial charge on any atom is -0.758 e. The molecule has 0 aliphatic carbocycles. The highest BCUT2D eigenvalue weighted by atomic mass is 16.5. The van der Waals surface area contributed by atoms with E-state index in [0.29, 0.717) is 12.1 Å². The Morgan fingerprint density at radius 1 is 1.31 bits per heavy atom. The first kappa shape index (κ1) is 21.4. The van der Waals surface area contributed by atoms with Crippen molar-refractivity contribution in [3.8, 4) is 0 Å². The van der Waals surface area contributed by atoms with Gasteiger partial charge in [0.1, 0.15) is 17.5 Å². The third kappa shape index (κ3) is 4.65. The fraction of sp³-hybridized carbons (Fsp3) is 0.440. The van der Waals surface area contributed by atoms with Crippen LogP contribution in [-0.2, 0) is 4.74 Å². The van der Waals surface area contributed by atoms with Crippen LogP contribution in [0, 0.1) is 5.21 Å². The van der Waals surface area contributed by atoms with Gasteiger partial charge in [-0.05, 0) is 71.2 Å². The van der Waals surface area contributed by atoms with Crippen LogP contribution in [0.3, 0.4) is 0 Å². The van der Waals surface area contributed by atoms with Crippen LogP contribution >= 0.6 is 0 Å². The topological polar surface area (TPSA) is 55.8 Å². The lowest BCUT2D eigenvalue weighted by atomic mass is 9.89. The first-order valence-electron chi connectivity index (χ1n) is 10.4. The largest absolute Gasteiger partial charge is 0.758 e. The lowest BCUT2D eigenvalue weighted by Crippen LogP contribution is -2.37. The van der Waals surface area contributed by atoms with E-state index >= 15 is 0 Å². The molecule has 1 unspecified atom stereocenters. The lowest BCUT2D eigenvalue weighted by Gasteiger charge is -2.42. The molecule has 0 saturated carbocycles. The van der Waals surface area contributed by atoms with Crippen LogP contribution in [0.1, 0.15) is 59.4 Å². The molecule has 0 bridgehead atoms. The van der Waals surface area contributed by atoms with Crippen molar-refractivity contribution in [2.24, 2.45) is 0 Å². The molecule has 3 atom stereocenters. The fourth-order valence-corrected chi connectivity index (χ4v) is 3.87. The molecule has 3 rings (SSSR count). The predicted octanol–water partition coefficient (Wildman–Crippen LogP) is 5.89. The number of para-hydroxylation sites is 1. The molecule has 0 spiro atoms. The fourth-order valence-electron chi connectivity index (χ4n) is 3.87. The molecule has 2 heterocycles. The minimum absolute atomic E-state index is 0.290. The smallest absolute Gasteiger partial charge is 0.135 e. The van der Waals surface area contributed by atoms with E-state index < -0.39 is 11.7 Å². The van der Waals surface area contributed by atoms with Gasteiger partial charge < -0.3 is 20.1 Å². The molecule has 0 amide bonds. The van der Waals surface area contributed by atoms with E-state index in [0.717, 1.165) is 34.8 Å². The molecule has 156 valence electrons. The van der Waals surface area contributed by atoms with Crippen molar-refractivity contribution >= 4 is 11.4 Å². The zero-order chi connectivity index (χ0) is 21.2. The van der Waals surface area contributed by atoms with Crippen molar-refractivity contribution in [3.63, 3.8) is 0 Å². The Balaban J connectivity index is 1.71. The van der Waals surface area contributed by atoms with Crippen LogP contribution in [0.5, 0.6) is 0 Å². The number of nitrogens with zero attached hydrogens (tertiary/aromatic N) is 1. The SMILES string of the molecule is CC(C)=CCC/C(C)=C/C=C/[C@@](C)(O)[C@@H]1CC2=C(O1)c1ccccc1N([O-])C2C. The van der Waals surface area contributed by atoms with Gasteiger partial charge in [-0.1, -0.05) is 41.5 Å². The zero-order valence-corrected chi connectivity index (χ0v) is 18.1. The summed E-state index contributed by atoms with van der Waals surface area (Å²) >= 11 is 0. The van der Waals surface area contributed by atoms with Crippen molar-refractivity contribution < 1.29 is 9.84 Å². The molecule has 0 aromatic heterocycles. The quantitative estimate of drug-likeness (QED) is 0.482. The second-order valence-corrected chi connectivity index (χ2v) is 8.60. The summed E-state index contributed by atoms with van der Waals surface area (Å²) < 4.78 is 6.21. The molecule has 29 heavy (non-hydrogen) atoms. The maximum Gasteiger partial charge on any atom is 0.135 e. The van der Waals surface area contributed by atoms with Crippen LogP contribution in [-0.4, -0.2) is 22.9 Å². The highest BCUT2D eigenvalue weighted by molar-refractivity contribution is 5.81. The molecule has 1 aromatic rings. The molecule has 0 saturated heterocycles. The summed E-state index contributed by atoms with van der Waals surface area (Å²) in [6.45, 7) is 9.98. The number of rotatable bonds is 6. The second kappa shape index (κ2) is 8.60. The number of hydrogen-bond acceptors (Lipinski definition) is 4. The van der Waals surface area contributed by atoms with Gasteiger partial charge in [-0.25, -0.2) is 0 Å². The molecule has 2 aliphatic rings. The Labute approximate surface area is 174 Å². The monoisotopic (exact) mass is 394 g/mol. The Morgan fingerprint density at radius 3 is 2.76 bits per heavy atom. The van der Waals surface area contributed by atoms with Gasteiger partial charge in [0.25, 0.3) is 0 Å². The van der Waals surface area contributed by atoms with Gasteiger partial charge in [-0.3, -0.25) is 0 Å². The van der Waals surface area contributed by atoms with E-state index in [2.05, 4.69) is 26.8 Å². The van der Waals surface area contributed by atoms with Gasteiger partial charge in [0, 0.05) is 23.7 Å². The van der Waals surface area contributed by atoms with Crippen molar-refractivity contribution in [1.82, 2.24) is 0 Å². The molecule has 4 nitrogen and oxygen atoms in total. The summed E-state index contributed by atoms with van der Waals surface area (Å²) in [6, 6.07) is 7.21. The normalized spacial score (nSPS) is 23.6. The van der Waals surface area contributed by atoms with Gasteiger partial charge >= 0.3 is 0 Å². The predicted molar refractivity (Wildman–Crippen MR) is 120 cm³/mol. The van der Waals surface area contributed by atoms with Crippen molar-refractivity contribution in [1.29, 1.82) is 0 Å². The van der Waals surface area contributed by atoms with Gasteiger partial charge in [-0.2, -0.15) is 0 Å². The minimum atomic E-state index is -1.13. The average Bonchev–Trinajstić information content (AvgIpc) is 3.12. The Bertz CT molecular complexity index is 872. The number of aliphatic hydroxyl groups is 1. The first-order chi connectivity index (χ1) is 13.7. The van der Waals surface area contributed by atoms with Crippen LogP contribution in [0.4, 0.5) is 5.69 Å². The van der Waals surface area contributed by atoms with Gasteiger partial charge in [0.05, 0.1) is 0 Å². The maximum absolute atomic E-state index is 12.6. The molecule has 2 aliphatic heterocycles.